The molecule has 1 fully saturated rings. The molecule has 0 N–H and O–H groups in total. The molecule has 0 unspecified atom stereocenters. The Morgan fingerprint density at radius 1 is 1.25 bits per heavy atom. The van der Waals surface area contributed by atoms with Gasteiger partial charge in [-0.1, -0.05) is 23.2 Å². The highest BCUT2D eigenvalue weighted by molar-refractivity contribution is 7.89. The molecule has 6 heteroatoms. The molecule has 0 aliphatic heterocycles. The van der Waals surface area contributed by atoms with Crippen LogP contribution in [0.3, 0.4) is 0 Å². The molecule has 1 saturated carbocycles. The first-order chi connectivity index (χ1) is 7.43. The van der Waals surface area contributed by atoms with Gasteiger partial charge in [-0.15, -0.1) is 0 Å². The maximum absolute atomic E-state index is 12.1. The Bertz CT molecular complexity index is 512. The van der Waals surface area contributed by atoms with Crippen molar-refractivity contribution in [3.05, 3.63) is 28.2 Å². The highest BCUT2D eigenvalue weighted by Crippen LogP contribution is 2.32. The fourth-order valence-corrected chi connectivity index (χ4v) is 3.24. The topological polar surface area (TPSA) is 37.4 Å². The minimum Gasteiger partial charge on any atom is -0.207 e. The summed E-state index contributed by atoms with van der Waals surface area (Å²) in [5.41, 5.74) is 0. The Morgan fingerprint density at radius 2 is 1.88 bits per heavy atom. The summed E-state index contributed by atoms with van der Waals surface area (Å²) in [6.45, 7) is 0. The van der Waals surface area contributed by atoms with E-state index in [-0.39, 0.29) is 16.0 Å². The first kappa shape index (κ1) is 12.2. The molecule has 0 heterocycles. The quantitative estimate of drug-likeness (QED) is 0.853. The molecular weight excluding hydrogens is 269 g/mol. The molecule has 0 spiro atoms. The summed E-state index contributed by atoms with van der Waals surface area (Å²) in [6.07, 6.45) is 1.86. The molecule has 1 aliphatic carbocycles. The van der Waals surface area contributed by atoms with Crippen molar-refractivity contribution in [3.8, 4) is 0 Å². The maximum Gasteiger partial charge on any atom is 0.243 e. The number of sulfonamides is 1. The number of hydrogen-bond donors (Lipinski definition) is 0. The standard InChI is InChI=1S/C10H11Cl2NO2S/c1-13(7-2-3-7)16(14,15)8-4-5-9(11)10(12)6-8/h4-7H,2-3H2,1H3. The number of rotatable bonds is 3. The lowest BCUT2D eigenvalue weighted by Gasteiger charge is -2.16. The summed E-state index contributed by atoms with van der Waals surface area (Å²) >= 11 is 11.5. The summed E-state index contributed by atoms with van der Waals surface area (Å²) in [7, 11) is -1.83. The summed E-state index contributed by atoms with van der Waals surface area (Å²) in [5, 5.41) is 0.613. The van der Waals surface area contributed by atoms with E-state index in [9.17, 15) is 8.42 Å². The van der Waals surface area contributed by atoms with Crippen LogP contribution in [0, 0.1) is 0 Å². The second kappa shape index (κ2) is 4.18. The molecule has 1 aromatic rings. The Morgan fingerprint density at radius 3 is 2.38 bits per heavy atom. The first-order valence-electron chi connectivity index (χ1n) is 4.86. The fourth-order valence-electron chi connectivity index (χ4n) is 1.44. The second-order valence-electron chi connectivity index (χ2n) is 3.83. The van der Waals surface area contributed by atoms with Gasteiger partial charge in [-0.2, -0.15) is 4.31 Å². The fraction of sp³-hybridized carbons (Fsp3) is 0.400. The molecule has 88 valence electrons. The van der Waals surface area contributed by atoms with E-state index in [4.69, 9.17) is 23.2 Å². The van der Waals surface area contributed by atoms with Crippen LogP contribution < -0.4 is 0 Å². The summed E-state index contributed by atoms with van der Waals surface area (Å²) in [6, 6.07) is 4.50. The van der Waals surface area contributed by atoms with Crippen LogP contribution in [0.25, 0.3) is 0 Å². The molecule has 0 bridgehead atoms. The van der Waals surface area contributed by atoms with Crippen molar-refractivity contribution in [2.45, 2.75) is 23.8 Å². The Kier molecular flexibility index (Phi) is 3.18. The number of hydrogen-bond acceptors (Lipinski definition) is 2. The SMILES string of the molecule is CN(C1CC1)S(=O)(=O)c1ccc(Cl)c(Cl)c1. The predicted octanol–water partition coefficient (Wildman–Crippen LogP) is 2.78. The molecule has 2 rings (SSSR count). The number of benzene rings is 1. The third-order valence-corrected chi connectivity index (χ3v) is 5.27. The zero-order valence-electron chi connectivity index (χ0n) is 8.65. The normalized spacial score (nSPS) is 16.8. The van der Waals surface area contributed by atoms with Crippen LogP contribution in [0.15, 0.2) is 23.1 Å². The molecule has 3 nitrogen and oxygen atoms in total. The summed E-state index contributed by atoms with van der Waals surface area (Å²) < 4.78 is 25.6. The minimum absolute atomic E-state index is 0.138. The van der Waals surface area contributed by atoms with Gasteiger partial charge in [0.15, 0.2) is 0 Å². The van der Waals surface area contributed by atoms with Gasteiger partial charge in [0.1, 0.15) is 0 Å². The molecule has 0 saturated heterocycles. The van der Waals surface area contributed by atoms with Gasteiger partial charge in [0, 0.05) is 13.1 Å². The van der Waals surface area contributed by atoms with Gasteiger partial charge in [0.2, 0.25) is 10.0 Å². The van der Waals surface area contributed by atoms with Crippen LogP contribution in [0.2, 0.25) is 10.0 Å². The van der Waals surface area contributed by atoms with Crippen molar-refractivity contribution in [1.29, 1.82) is 0 Å². The van der Waals surface area contributed by atoms with E-state index in [1.165, 1.54) is 22.5 Å². The summed E-state index contributed by atoms with van der Waals surface area (Å²) in [5.74, 6) is 0. The van der Waals surface area contributed by atoms with Gasteiger partial charge >= 0.3 is 0 Å². The van der Waals surface area contributed by atoms with Gasteiger partial charge in [0.25, 0.3) is 0 Å². The van der Waals surface area contributed by atoms with E-state index in [1.54, 1.807) is 7.05 Å². The van der Waals surface area contributed by atoms with E-state index in [0.717, 1.165) is 12.8 Å². The zero-order valence-corrected chi connectivity index (χ0v) is 11.0. The lowest BCUT2D eigenvalue weighted by molar-refractivity contribution is 0.464. The van der Waals surface area contributed by atoms with Crippen molar-refractivity contribution in [1.82, 2.24) is 4.31 Å². The van der Waals surface area contributed by atoms with Gasteiger partial charge < -0.3 is 0 Å². The molecule has 16 heavy (non-hydrogen) atoms. The second-order valence-corrected chi connectivity index (χ2v) is 6.64. The Hall–Kier alpha value is -0.290. The van der Waals surface area contributed by atoms with Crippen molar-refractivity contribution >= 4 is 33.2 Å². The van der Waals surface area contributed by atoms with E-state index < -0.39 is 10.0 Å². The molecule has 0 aromatic heterocycles. The van der Waals surface area contributed by atoms with E-state index >= 15 is 0 Å². The molecule has 0 amide bonds. The van der Waals surface area contributed by atoms with Gasteiger partial charge in [-0.3, -0.25) is 0 Å². The van der Waals surface area contributed by atoms with Crippen molar-refractivity contribution in [2.24, 2.45) is 0 Å². The lowest BCUT2D eigenvalue weighted by Crippen LogP contribution is -2.28. The lowest BCUT2D eigenvalue weighted by atomic mass is 10.4. The van der Waals surface area contributed by atoms with Crippen molar-refractivity contribution < 1.29 is 8.42 Å². The maximum atomic E-state index is 12.1. The first-order valence-corrected chi connectivity index (χ1v) is 7.05. The van der Waals surface area contributed by atoms with Crippen molar-refractivity contribution in [3.63, 3.8) is 0 Å². The van der Waals surface area contributed by atoms with Crippen LogP contribution >= 0.6 is 23.2 Å². The smallest absolute Gasteiger partial charge is 0.207 e. The number of nitrogens with zero attached hydrogens (tertiary/aromatic N) is 1. The van der Waals surface area contributed by atoms with Gasteiger partial charge in [-0.05, 0) is 31.0 Å². The molecule has 1 aromatic carbocycles. The van der Waals surface area contributed by atoms with Gasteiger partial charge in [-0.25, -0.2) is 8.42 Å². The third-order valence-electron chi connectivity index (χ3n) is 2.63. The van der Waals surface area contributed by atoms with Gasteiger partial charge in [0.05, 0.1) is 14.9 Å². The molecule has 0 atom stereocenters. The predicted molar refractivity (Wildman–Crippen MR) is 64.4 cm³/mol. The van der Waals surface area contributed by atoms with E-state index in [2.05, 4.69) is 0 Å². The zero-order chi connectivity index (χ0) is 11.9. The molecular formula is C10H11Cl2NO2S. The minimum atomic E-state index is -3.42. The van der Waals surface area contributed by atoms with Crippen LogP contribution in [-0.2, 0) is 10.0 Å². The average Bonchev–Trinajstić information content (AvgIpc) is 3.04. The van der Waals surface area contributed by atoms with Crippen molar-refractivity contribution in [2.75, 3.05) is 7.05 Å². The highest BCUT2D eigenvalue weighted by atomic mass is 35.5. The molecule has 1 aliphatic rings. The average molecular weight is 280 g/mol. The number of halogens is 2. The van der Waals surface area contributed by atoms with E-state index in [1.807, 2.05) is 0 Å². The Labute approximate surface area is 105 Å². The van der Waals surface area contributed by atoms with Crippen LogP contribution in [0.1, 0.15) is 12.8 Å². The van der Waals surface area contributed by atoms with E-state index in [0.29, 0.717) is 5.02 Å². The highest BCUT2D eigenvalue weighted by Gasteiger charge is 2.35. The third kappa shape index (κ3) is 2.20. The van der Waals surface area contributed by atoms with Crippen LogP contribution in [0.4, 0.5) is 0 Å². The summed E-state index contributed by atoms with van der Waals surface area (Å²) in [4.78, 5) is 0.191. The largest absolute Gasteiger partial charge is 0.243 e. The van der Waals surface area contributed by atoms with Crippen LogP contribution in [-0.4, -0.2) is 25.8 Å². The monoisotopic (exact) mass is 279 g/mol. The van der Waals surface area contributed by atoms with Crippen LogP contribution in [0.5, 0.6) is 0 Å². The molecule has 0 radical (unpaired) electrons. The Balaban J connectivity index is 2.38.